The second kappa shape index (κ2) is 26.0. The molecule has 14 nitrogen and oxygen atoms in total. The molecule has 0 bridgehead atoms. The van der Waals surface area contributed by atoms with Crippen LogP contribution in [0.25, 0.3) is 0 Å². The molecule has 0 saturated carbocycles. The summed E-state index contributed by atoms with van der Waals surface area (Å²) < 4.78 is 33.6. The zero-order valence-corrected chi connectivity index (χ0v) is 37.5. The lowest BCUT2D eigenvalue weighted by Crippen LogP contribution is -2.51. The summed E-state index contributed by atoms with van der Waals surface area (Å²) in [6, 6.07) is 0. The predicted molar refractivity (Wildman–Crippen MR) is 225 cm³/mol. The average molecular weight is 839 g/mol. The number of quaternary nitrogens is 1. The van der Waals surface area contributed by atoms with Crippen molar-refractivity contribution in [2.45, 2.75) is 124 Å². The van der Waals surface area contributed by atoms with Crippen LogP contribution in [-0.4, -0.2) is 124 Å². The molecule has 0 aliphatic rings. The molecular weight excluding hydrogens is 765 g/mol. The van der Waals surface area contributed by atoms with Crippen LogP contribution in [0, 0.1) is 16.2 Å². The molecule has 0 aliphatic heterocycles. The Kier molecular flexibility index (Phi) is 25.0. The van der Waals surface area contributed by atoms with Gasteiger partial charge in [-0.05, 0) is 57.1 Å². The van der Waals surface area contributed by atoms with E-state index >= 15 is 0 Å². The van der Waals surface area contributed by atoms with Crippen LogP contribution in [0.3, 0.4) is 0 Å². The third-order valence-corrected chi connectivity index (χ3v) is 11.7. The molecule has 3 unspecified atom stereocenters. The highest BCUT2D eigenvalue weighted by atomic mass is 32.2. The van der Waals surface area contributed by atoms with Gasteiger partial charge in [0.15, 0.2) is 0 Å². The number of nitrogens with zero attached hydrogens (tertiary/aromatic N) is 1. The quantitative estimate of drug-likeness (QED) is 0.0239. The van der Waals surface area contributed by atoms with Crippen LogP contribution in [0.4, 0.5) is 0 Å². The van der Waals surface area contributed by atoms with E-state index in [1.165, 1.54) is 6.92 Å². The fraction of sp³-hybridized carbons (Fsp3) is 0.868. The highest BCUT2D eigenvalue weighted by molar-refractivity contribution is 7.85. The van der Waals surface area contributed by atoms with Gasteiger partial charge in [0.25, 0.3) is 0 Å². The van der Waals surface area contributed by atoms with Gasteiger partial charge in [-0.15, -0.1) is 0 Å². The van der Waals surface area contributed by atoms with Crippen LogP contribution < -0.4 is 26.6 Å². The van der Waals surface area contributed by atoms with E-state index in [9.17, 15) is 36.9 Å². The number of hydrogen-bond acceptors (Lipinski definition) is 10. The molecule has 0 radical (unpaired) electrons. The molecule has 322 valence electrons. The van der Waals surface area contributed by atoms with Crippen molar-refractivity contribution in [3.05, 3.63) is 0 Å². The Hall–Kier alpha value is -2.08. The van der Waals surface area contributed by atoms with E-state index in [0.717, 1.165) is 31.4 Å². The van der Waals surface area contributed by atoms with Crippen molar-refractivity contribution in [2.75, 3.05) is 71.4 Å². The van der Waals surface area contributed by atoms with Gasteiger partial charge in [0.1, 0.15) is 0 Å². The molecule has 0 fully saturated rings. The maximum atomic E-state index is 14.1. The number of carbonyl (C=O) groups is 5. The molecule has 0 aliphatic carbocycles. The summed E-state index contributed by atoms with van der Waals surface area (Å²) in [4.78, 5) is 64.7. The van der Waals surface area contributed by atoms with Gasteiger partial charge < -0.3 is 35.6 Å². The second-order valence-electron chi connectivity index (χ2n) is 16.8. The first-order valence-electron chi connectivity index (χ1n) is 19.8. The Bertz CT molecular complexity index is 1320. The van der Waals surface area contributed by atoms with E-state index < -0.39 is 32.1 Å². The van der Waals surface area contributed by atoms with E-state index in [1.54, 1.807) is 20.8 Å². The lowest BCUT2D eigenvalue weighted by molar-refractivity contribution is -0.890. The summed E-state index contributed by atoms with van der Waals surface area (Å²) >= 11 is 8.76. The van der Waals surface area contributed by atoms with E-state index in [2.05, 4.69) is 51.8 Å². The van der Waals surface area contributed by atoms with Gasteiger partial charge in [-0.1, -0.05) is 41.0 Å². The standard InChI is InChI=1S/C38H74N6O8S3/c1-9-37(5,34(48)42-22-12-19-39-30(2)45)29-38(6,35(49)43-23-14-24-44(7,8)25-15-27-55(50,51)52)28-36(3,4)33(47)41-21-13-20-40-32(46)17-11-10-16-31(54)18-26-53/h31H,9-29H2,1-8H3,(H7-,39,40,41,42,43,45,46,47,48,49,50,51,52,53,54). The lowest BCUT2D eigenvalue weighted by Gasteiger charge is -2.41. The number of amides is 5. The van der Waals surface area contributed by atoms with E-state index in [0.29, 0.717) is 87.7 Å². The van der Waals surface area contributed by atoms with Crippen molar-refractivity contribution in [1.82, 2.24) is 26.6 Å². The lowest BCUT2D eigenvalue weighted by atomic mass is 9.64. The molecule has 5 amide bonds. The molecule has 0 saturated heterocycles. The summed E-state index contributed by atoms with van der Waals surface area (Å²) in [6.45, 7) is 13.5. The van der Waals surface area contributed by atoms with Gasteiger partial charge in [0, 0.05) is 86.2 Å². The average Bonchev–Trinajstić information content (AvgIpc) is 3.06. The number of unbranched alkanes of at least 4 members (excludes halogenated alkanes) is 1. The Morgan fingerprint density at radius 3 is 1.75 bits per heavy atom. The molecule has 3 atom stereocenters. The fourth-order valence-corrected chi connectivity index (χ4v) is 8.09. The van der Waals surface area contributed by atoms with Gasteiger partial charge in [0.05, 0.1) is 37.3 Å². The minimum absolute atomic E-state index is 0.0220. The molecule has 0 aromatic carbocycles. The monoisotopic (exact) mass is 838 g/mol. The SMILES string of the molecule is CCC(C)(CC(C)(CC(C)(C)C(=O)NCCCNC(=O)CCCCC(S)CCS)C(=O)NCCC[N+](C)(C)CCCS(=O)(=O)[O-])C(=O)NCCCNC(C)=O. The fourth-order valence-electron chi connectivity index (χ4n) is 6.78. The van der Waals surface area contributed by atoms with Gasteiger partial charge in [0.2, 0.25) is 29.5 Å². The van der Waals surface area contributed by atoms with Crippen molar-refractivity contribution in [1.29, 1.82) is 0 Å². The number of rotatable bonds is 31. The Morgan fingerprint density at radius 1 is 0.691 bits per heavy atom. The summed E-state index contributed by atoms with van der Waals surface area (Å²) in [5.41, 5.74) is -3.05. The molecule has 0 spiro atoms. The molecule has 5 N–H and O–H groups in total. The van der Waals surface area contributed by atoms with Crippen molar-refractivity contribution < 1.29 is 41.4 Å². The Morgan fingerprint density at radius 2 is 1.20 bits per heavy atom. The number of nitrogens with one attached hydrogen (secondary N) is 5. The highest BCUT2D eigenvalue weighted by Gasteiger charge is 2.47. The first-order valence-corrected chi connectivity index (χ1v) is 22.5. The summed E-state index contributed by atoms with van der Waals surface area (Å²) in [7, 11) is -0.408. The van der Waals surface area contributed by atoms with Crippen LogP contribution in [0.15, 0.2) is 0 Å². The minimum atomic E-state index is -4.28. The van der Waals surface area contributed by atoms with Crippen molar-refractivity contribution in [3.63, 3.8) is 0 Å². The largest absolute Gasteiger partial charge is 0.748 e. The zero-order valence-electron chi connectivity index (χ0n) is 34.9. The number of carbonyl (C=O) groups excluding carboxylic acids is 5. The first kappa shape index (κ1) is 52.9. The van der Waals surface area contributed by atoms with Crippen molar-refractivity contribution >= 4 is 64.9 Å². The summed E-state index contributed by atoms with van der Waals surface area (Å²) in [5, 5.41) is 14.9. The van der Waals surface area contributed by atoms with Gasteiger partial charge in [-0.2, -0.15) is 25.3 Å². The van der Waals surface area contributed by atoms with Crippen LogP contribution in [0.2, 0.25) is 0 Å². The molecule has 0 heterocycles. The molecule has 0 aromatic rings. The summed E-state index contributed by atoms with van der Waals surface area (Å²) in [6.07, 6.45) is 6.77. The third-order valence-electron chi connectivity index (χ3n) is 10.1. The van der Waals surface area contributed by atoms with Crippen LogP contribution in [0.5, 0.6) is 0 Å². The Balaban J connectivity index is 5.55. The van der Waals surface area contributed by atoms with E-state index in [4.69, 9.17) is 0 Å². The molecule has 0 rings (SSSR count). The first-order chi connectivity index (χ1) is 25.4. The number of hydrogen-bond donors (Lipinski definition) is 7. The molecule has 55 heavy (non-hydrogen) atoms. The van der Waals surface area contributed by atoms with Crippen molar-refractivity contribution in [2.24, 2.45) is 16.2 Å². The maximum absolute atomic E-state index is 14.1. The topological polar surface area (TPSA) is 203 Å². The van der Waals surface area contributed by atoms with Gasteiger partial charge >= 0.3 is 0 Å². The van der Waals surface area contributed by atoms with Gasteiger partial charge in [-0.25, -0.2) is 8.42 Å². The van der Waals surface area contributed by atoms with E-state index in [1.807, 2.05) is 27.9 Å². The van der Waals surface area contributed by atoms with Crippen molar-refractivity contribution in [3.8, 4) is 0 Å². The Labute approximate surface area is 343 Å². The summed E-state index contributed by atoms with van der Waals surface area (Å²) in [5.74, 6) is -0.511. The molecule has 0 aromatic heterocycles. The van der Waals surface area contributed by atoms with Crippen LogP contribution in [-0.2, 0) is 34.1 Å². The maximum Gasteiger partial charge on any atom is 0.226 e. The van der Waals surface area contributed by atoms with Crippen LogP contribution >= 0.6 is 25.3 Å². The molecule has 17 heteroatoms. The number of thiol groups is 2. The third kappa shape index (κ3) is 24.3. The minimum Gasteiger partial charge on any atom is -0.748 e. The van der Waals surface area contributed by atoms with Gasteiger partial charge in [-0.3, -0.25) is 24.0 Å². The van der Waals surface area contributed by atoms with Crippen LogP contribution in [0.1, 0.15) is 119 Å². The second-order valence-corrected chi connectivity index (χ2v) is 19.5. The highest BCUT2D eigenvalue weighted by Crippen LogP contribution is 2.44. The normalized spacial score (nSPS) is 14.9. The predicted octanol–water partition coefficient (Wildman–Crippen LogP) is 3.18. The van der Waals surface area contributed by atoms with E-state index in [-0.39, 0.29) is 48.8 Å². The molecular formula is C38H74N6O8S3. The zero-order chi connectivity index (χ0) is 42.3. The smallest absolute Gasteiger partial charge is 0.226 e.